The van der Waals surface area contributed by atoms with Crippen molar-refractivity contribution in [2.24, 2.45) is 12.8 Å². The maximum absolute atomic E-state index is 5.65. The van der Waals surface area contributed by atoms with Crippen LogP contribution in [0.5, 0.6) is 0 Å². The van der Waals surface area contributed by atoms with Gasteiger partial charge in [-0.3, -0.25) is 9.58 Å². The Morgan fingerprint density at radius 3 is 2.82 bits per heavy atom. The minimum absolute atomic E-state index is 0.384. The largest absolute Gasteiger partial charge is 0.377 e. The lowest BCUT2D eigenvalue weighted by Crippen LogP contribution is -2.37. The minimum atomic E-state index is 0.384. The maximum Gasteiger partial charge on any atom is 0.140 e. The zero-order chi connectivity index (χ0) is 12.1. The fourth-order valence-corrected chi connectivity index (χ4v) is 2.13. The molecule has 2 N–H and O–H groups in total. The number of nitrogens with two attached hydrogens (primary N) is 1. The van der Waals surface area contributed by atoms with E-state index in [0.717, 1.165) is 38.3 Å². The van der Waals surface area contributed by atoms with Crippen molar-refractivity contribution < 1.29 is 4.74 Å². The van der Waals surface area contributed by atoms with Crippen LogP contribution in [0.15, 0.2) is 6.33 Å². The van der Waals surface area contributed by atoms with E-state index >= 15 is 0 Å². The van der Waals surface area contributed by atoms with Gasteiger partial charge in [0.15, 0.2) is 0 Å². The molecule has 2 rings (SSSR count). The molecule has 6 heteroatoms. The summed E-state index contributed by atoms with van der Waals surface area (Å²) in [5.41, 5.74) is 5.43. The van der Waals surface area contributed by atoms with E-state index in [-0.39, 0.29) is 0 Å². The third-order valence-corrected chi connectivity index (χ3v) is 3.18. The fourth-order valence-electron chi connectivity index (χ4n) is 2.13. The van der Waals surface area contributed by atoms with Gasteiger partial charge in [0.2, 0.25) is 0 Å². The van der Waals surface area contributed by atoms with Gasteiger partial charge in [0.05, 0.1) is 19.3 Å². The maximum atomic E-state index is 5.65. The molecule has 0 atom stereocenters. The lowest BCUT2D eigenvalue weighted by atomic mass is 10.1. The molecule has 1 saturated heterocycles. The highest BCUT2D eigenvalue weighted by molar-refractivity contribution is 4.85. The molecule has 0 radical (unpaired) electrons. The van der Waals surface area contributed by atoms with Crippen molar-refractivity contribution in [3.05, 3.63) is 12.2 Å². The Labute approximate surface area is 102 Å². The van der Waals surface area contributed by atoms with Crippen molar-refractivity contribution in [3.8, 4) is 0 Å². The summed E-state index contributed by atoms with van der Waals surface area (Å²) < 4.78 is 7.48. The number of likely N-dealkylation sites (tertiary alicyclic amines) is 1. The molecule has 1 aromatic rings. The molecule has 1 fully saturated rings. The number of piperidine rings is 1. The smallest absolute Gasteiger partial charge is 0.140 e. The zero-order valence-electron chi connectivity index (χ0n) is 10.4. The van der Waals surface area contributed by atoms with E-state index in [1.807, 2.05) is 11.7 Å². The molecule has 1 aromatic heterocycles. The summed E-state index contributed by atoms with van der Waals surface area (Å²) in [4.78, 5) is 6.64. The van der Waals surface area contributed by atoms with Crippen LogP contribution in [0, 0.1) is 0 Å². The van der Waals surface area contributed by atoms with Crippen molar-refractivity contribution in [2.75, 3.05) is 26.2 Å². The Morgan fingerprint density at radius 1 is 1.47 bits per heavy atom. The lowest BCUT2D eigenvalue weighted by Gasteiger charge is -2.31. The molecule has 17 heavy (non-hydrogen) atoms. The van der Waals surface area contributed by atoms with Crippen LogP contribution in [0.4, 0.5) is 0 Å². The van der Waals surface area contributed by atoms with Crippen LogP contribution in [-0.4, -0.2) is 52.0 Å². The van der Waals surface area contributed by atoms with Crippen molar-refractivity contribution in [1.29, 1.82) is 0 Å². The third kappa shape index (κ3) is 3.49. The highest BCUT2D eigenvalue weighted by Crippen LogP contribution is 2.15. The molecule has 0 aromatic carbocycles. The summed E-state index contributed by atoms with van der Waals surface area (Å²) in [6.45, 7) is 4.28. The standard InChI is InChI=1S/C11H21N5O/c1-15-11(13-9-14-15)8-16-5-2-10(3-6-16)17-7-4-12/h9-10H,2-8,12H2,1H3. The van der Waals surface area contributed by atoms with E-state index in [0.29, 0.717) is 19.3 Å². The molecule has 1 aliphatic rings. The fraction of sp³-hybridized carbons (Fsp3) is 0.818. The van der Waals surface area contributed by atoms with Gasteiger partial charge in [-0.15, -0.1) is 0 Å². The summed E-state index contributed by atoms with van der Waals surface area (Å²) in [5.74, 6) is 1.02. The van der Waals surface area contributed by atoms with E-state index < -0.39 is 0 Å². The number of aryl methyl sites for hydroxylation is 1. The average molecular weight is 239 g/mol. The van der Waals surface area contributed by atoms with E-state index in [2.05, 4.69) is 15.0 Å². The Bertz CT molecular complexity index is 332. The Morgan fingerprint density at radius 2 is 2.24 bits per heavy atom. The Kier molecular flexibility index (Phi) is 4.47. The van der Waals surface area contributed by atoms with Gasteiger partial charge in [0.25, 0.3) is 0 Å². The highest BCUT2D eigenvalue weighted by Gasteiger charge is 2.20. The second-order valence-electron chi connectivity index (χ2n) is 4.43. The molecule has 96 valence electrons. The van der Waals surface area contributed by atoms with Crippen LogP contribution < -0.4 is 5.73 Å². The van der Waals surface area contributed by atoms with Gasteiger partial charge in [0, 0.05) is 26.7 Å². The molecular weight excluding hydrogens is 218 g/mol. The van der Waals surface area contributed by atoms with Crippen LogP contribution in [0.3, 0.4) is 0 Å². The highest BCUT2D eigenvalue weighted by atomic mass is 16.5. The van der Waals surface area contributed by atoms with Gasteiger partial charge in [-0.25, -0.2) is 4.98 Å². The molecule has 0 spiro atoms. The summed E-state index contributed by atoms with van der Waals surface area (Å²) in [5, 5.41) is 4.08. The molecule has 2 heterocycles. The molecule has 0 amide bonds. The number of ether oxygens (including phenoxy) is 1. The van der Waals surface area contributed by atoms with E-state index in [1.165, 1.54) is 0 Å². The average Bonchev–Trinajstić information content (AvgIpc) is 2.74. The zero-order valence-corrected chi connectivity index (χ0v) is 10.4. The first-order valence-corrected chi connectivity index (χ1v) is 6.16. The van der Waals surface area contributed by atoms with E-state index in [1.54, 1.807) is 6.33 Å². The van der Waals surface area contributed by atoms with Crippen LogP contribution in [-0.2, 0) is 18.3 Å². The predicted molar refractivity (Wildman–Crippen MR) is 64.3 cm³/mol. The molecule has 0 unspecified atom stereocenters. The molecule has 0 saturated carbocycles. The van der Waals surface area contributed by atoms with Gasteiger partial charge < -0.3 is 10.5 Å². The number of hydrogen-bond donors (Lipinski definition) is 1. The molecule has 0 bridgehead atoms. The Balaban J connectivity index is 1.74. The first-order valence-electron chi connectivity index (χ1n) is 6.16. The van der Waals surface area contributed by atoms with Crippen LogP contribution in [0.1, 0.15) is 18.7 Å². The molecular formula is C11H21N5O. The number of nitrogens with zero attached hydrogens (tertiary/aromatic N) is 4. The predicted octanol–water partition coefficient (Wildman–Crippen LogP) is -0.245. The van der Waals surface area contributed by atoms with Crippen molar-refractivity contribution in [2.45, 2.75) is 25.5 Å². The first kappa shape index (κ1) is 12.5. The molecule has 6 nitrogen and oxygen atoms in total. The topological polar surface area (TPSA) is 69.2 Å². The second kappa shape index (κ2) is 6.09. The first-order chi connectivity index (χ1) is 8.29. The summed E-state index contributed by atoms with van der Waals surface area (Å²) >= 11 is 0. The van der Waals surface area contributed by atoms with E-state index in [4.69, 9.17) is 10.5 Å². The van der Waals surface area contributed by atoms with Crippen LogP contribution >= 0.6 is 0 Å². The van der Waals surface area contributed by atoms with Gasteiger partial charge in [0.1, 0.15) is 12.2 Å². The number of rotatable bonds is 5. The van der Waals surface area contributed by atoms with Gasteiger partial charge >= 0.3 is 0 Å². The SMILES string of the molecule is Cn1ncnc1CN1CCC(OCCN)CC1. The quantitative estimate of drug-likeness (QED) is 0.767. The Hall–Kier alpha value is -0.980. The van der Waals surface area contributed by atoms with Crippen molar-refractivity contribution in [1.82, 2.24) is 19.7 Å². The summed E-state index contributed by atoms with van der Waals surface area (Å²) in [6, 6.07) is 0. The van der Waals surface area contributed by atoms with Gasteiger partial charge in [-0.1, -0.05) is 0 Å². The van der Waals surface area contributed by atoms with Crippen molar-refractivity contribution >= 4 is 0 Å². The summed E-state index contributed by atoms with van der Waals surface area (Å²) in [7, 11) is 1.93. The van der Waals surface area contributed by atoms with Crippen LogP contribution in [0.2, 0.25) is 0 Å². The van der Waals surface area contributed by atoms with Crippen molar-refractivity contribution in [3.63, 3.8) is 0 Å². The molecule has 1 aliphatic heterocycles. The van der Waals surface area contributed by atoms with Gasteiger partial charge in [-0.2, -0.15) is 5.10 Å². The lowest BCUT2D eigenvalue weighted by molar-refractivity contribution is 0.00909. The van der Waals surface area contributed by atoms with Gasteiger partial charge in [-0.05, 0) is 12.8 Å². The minimum Gasteiger partial charge on any atom is -0.377 e. The number of hydrogen-bond acceptors (Lipinski definition) is 5. The monoisotopic (exact) mass is 239 g/mol. The van der Waals surface area contributed by atoms with E-state index in [9.17, 15) is 0 Å². The summed E-state index contributed by atoms with van der Waals surface area (Å²) in [6.07, 6.45) is 4.15. The number of aromatic nitrogens is 3. The van der Waals surface area contributed by atoms with Crippen LogP contribution in [0.25, 0.3) is 0 Å². The second-order valence-corrected chi connectivity index (χ2v) is 4.43. The molecule has 0 aliphatic carbocycles. The third-order valence-electron chi connectivity index (χ3n) is 3.18. The normalized spacial score (nSPS) is 18.7.